The van der Waals surface area contributed by atoms with Gasteiger partial charge in [0.25, 0.3) is 0 Å². The van der Waals surface area contributed by atoms with Gasteiger partial charge < -0.3 is 20.3 Å². The van der Waals surface area contributed by atoms with Crippen LogP contribution in [0.1, 0.15) is 0 Å². The molecule has 2 heterocycles. The van der Waals surface area contributed by atoms with Gasteiger partial charge in [-0.3, -0.25) is 0 Å². The van der Waals surface area contributed by atoms with Crippen molar-refractivity contribution in [2.45, 2.75) is 0 Å². The molecule has 2 rings (SSSR count). The molecule has 0 bridgehead atoms. The van der Waals surface area contributed by atoms with Gasteiger partial charge in [0, 0.05) is 19.2 Å². The lowest BCUT2D eigenvalue weighted by atomic mass is 10.5. The highest BCUT2D eigenvalue weighted by molar-refractivity contribution is 5.48. The van der Waals surface area contributed by atoms with Gasteiger partial charge in [-0.2, -0.15) is 0 Å². The molecule has 0 fully saturated rings. The summed E-state index contributed by atoms with van der Waals surface area (Å²) in [7, 11) is 3.94. The Morgan fingerprint density at radius 2 is 2.28 bits per heavy atom. The third-order valence-electron chi connectivity index (χ3n) is 2.40. The Balaban J connectivity index is 2.20. The van der Waals surface area contributed by atoms with Gasteiger partial charge in [0.05, 0.1) is 0 Å². The van der Waals surface area contributed by atoms with Gasteiger partial charge in [-0.25, -0.2) is 4.98 Å². The molecule has 0 spiro atoms. The molecule has 0 saturated heterocycles. The lowest BCUT2D eigenvalue weighted by Gasteiger charge is -2.09. The Labute approximate surface area is 103 Å². The Kier molecular flexibility index (Phi) is 3.38. The monoisotopic (exact) mass is 250 g/mol. The number of fused-ring (bicyclic) bond motifs is 1. The average molecular weight is 250 g/mol. The molecule has 8 nitrogen and oxygen atoms in total. The van der Waals surface area contributed by atoms with E-state index in [1.54, 1.807) is 12.1 Å². The molecular formula is C10H14N6O2. The smallest absolute Gasteiger partial charge is 0.366 e. The first-order valence-electron chi connectivity index (χ1n) is 5.45. The van der Waals surface area contributed by atoms with Crippen LogP contribution in [0.2, 0.25) is 0 Å². The van der Waals surface area contributed by atoms with Crippen molar-refractivity contribution in [3.05, 3.63) is 28.4 Å². The van der Waals surface area contributed by atoms with E-state index in [2.05, 4.69) is 15.4 Å². The second-order valence-corrected chi connectivity index (χ2v) is 4.09. The number of imidazole rings is 1. The molecule has 2 aromatic heterocycles. The molecule has 1 N–H and O–H groups in total. The SMILES string of the molecule is CN(C)CCNc1ccc2ncc([N+](=O)[O-])n2n1. The predicted octanol–water partition coefficient (Wildman–Crippen LogP) is 0.611. The Morgan fingerprint density at radius 3 is 2.94 bits per heavy atom. The summed E-state index contributed by atoms with van der Waals surface area (Å²) < 4.78 is 1.22. The summed E-state index contributed by atoms with van der Waals surface area (Å²) in [5, 5.41) is 18.0. The lowest BCUT2D eigenvalue weighted by Crippen LogP contribution is -2.21. The fourth-order valence-electron chi connectivity index (χ4n) is 1.49. The molecule has 0 amide bonds. The molecule has 0 atom stereocenters. The second-order valence-electron chi connectivity index (χ2n) is 4.09. The van der Waals surface area contributed by atoms with E-state index >= 15 is 0 Å². The highest BCUT2D eigenvalue weighted by atomic mass is 16.6. The molecule has 0 aromatic carbocycles. The third kappa shape index (κ3) is 2.54. The van der Waals surface area contributed by atoms with Gasteiger partial charge in [0.15, 0.2) is 5.82 Å². The van der Waals surface area contributed by atoms with Gasteiger partial charge in [-0.15, -0.1) is 0 Å². The lowest BCUT2D eigenvalue weighted by molar-refractivity contribution is -0.391. The van der Waals surface area contributed by atoms with E-state index < -0.39 is 4.92 Å². The molecule has 0 unspecified atom stereocenters. The molecular weight excluding hydrogens is 236 g/mol. The van der Waals surface area contributed by atoms with Crippen LogP contribution < -0.4 is 5.32 Å². The molecule has 2 aromatic rings. The van der Waals surface area contributed by atoms with Gasteiger partial charge >= 0.3 is 5.82 Å². The predicted molar refractivity (Wildman–Crippen MR) is 66.7 cm³/mol. The summed E-state index contributed by atoms with van der Waals surface area (Å²) in [4.78, 5) is 16.2. The van der Waals surface area contributed by atoms with Crippen LogP contribution in [-0.4, -0.2) is 51.6 Å². The molecule has 8 heteroatoms. The largest absolute Gasteiger partial charge is 0.368 e. The average Bonchev–Trinajstić information content (AvgIpc) is 2.71. The van der Waals surface area contributed by atoms with Crippen LogP contribution >= 0.6 is 0 Å². The number of hydrogen-bond acceptors (Lipinski definition) is 6. The van der Waals surface area contributed by atoms with E-state index in [4.69, 9.17) is 0 Å². The molecule has 0 aliphatic carbocycles. The van der Waals surface area contributed by atoms with Crippen LogP contribution in [-0.2, 0) is 0 Å². The van der Waals surface area contributed by atoms with E-state index in [1.807, 2.05) is 19.0 Å². The molecule has 0 radical (unpaired) electrons. The molecule has 0 aliphatic heterocycles. The summed E-state index contributed by atoms with van der Waals surface area (Å²) in [5.74, 6) is 0.451. The van der Waals surface area contributed by atoms with Gasteiger partial charge in [-0.1, -0.05) is 9.61 Å². The van der Waals surface area contributed by atoms with Crippen molar-refractivity contribution in [2.75, 3.05) is 32.5 Å². The number of anilines is 1. The van der Waals surface area contributed by atoms with E-state index in [1.165, 1.54) is 10.7 Å². The van der Waals surface area contributed by atoms with E-state index in [9.17, 15) is 10.1 Å². The van der Waals surface area contributed by atoms with Crippen molar-refractivity contribution in [1.29, 1.82) is 0 Å². The van der Waals surface area contributed by atoms with Gasteiger partial charge in [-0.05, 0) is 25.1 Å². The number of nitrogens with one attached hydrogen (secondary N) is 1. The summed E-state index contributed by atoms with van der Waals surface area (Å²) >= 11 is 0. The minimum Gasteiger partial charge on any atom is -0.366 e. The van der Waals surface area contributed by atoms with E-state index in [0.29, 0.717) is 18.0 Å². The summed E-state index contributed by atoms with van der Waals surface area (Å²) in [6.45, 7) is 1.57. The summed E-state index contributed by atoms with van der Waals surface area (Å²) in [5.41, 5.74) is 0.458. The number of nitrogens with zero attached hydrogens (tertiary/aromatic N) is 5. The van der Waals surface area contributed by atoms with Crippen molar-refractivity contribution >= 4 is 17.3 Å². The Bertz CT molecular complexity index is 564. The van der Waals surface area contributed by atoms with Crippen LogP contribution in [0.3, 0.4) is 0 Å². The van der Waals surface area contributed by atoms with Crippen LogP contribution in [0.4, 0.5) is 11.6 Å². The van der Waals surface area contributed by atoms with Crippen LogP contribution in [0.5, 0.6) is 0 Å². The van der Waals surface area contributed by atoms with Gasteiger partial charge in [0.1, 0.15) is 6.20 Å². The first-order chi connectivity index (χ1) is 8.58. The first-order valence-corrected chi connectivity index (χ1v) is 5.45. The van der Waals surface area contributed by atoms with Crippen LogP contribution in [0.25, 0.3) is 5.65 Å². The quantitative estimate of drug-likeness (QED) is 0.618. The molecule has 18 heavy (non-hydrogen) atoms. The highest BCUT2D eigenvalue weighted by Gasteiger charge is 2.15. The molecule has 96 valence electrons. The molecule has 0 saturated carbocycles. The topological polar surface area (TPSA) is 88.6 Å². The van der Waals surface area contributed by atoms with Crippen molar-refractivity contribution < 1.29 is 4.92 Å². The first kappa shape index (κ1) is 12.2. The highest BCUT2D eigenvalue weighted by Crippen LogP contribution is 2.14. The van der Waals surface area contributed by atoms with Crippen molar-refractivity contribution in [3.8, 4) is 0 Å². The maximum absolute atomic E-state index is 10.8. The zero-order valence-electron chi connectivity index (χ0n) is 10.2. The van der Waals surface area contributed by atoms with Crippen LogP contribution in [0, 0.1) is 10.1 Å². The summed E-state index contributed by atoms with van der Waals surface area (Å²) in [6, 6.07) is 3.44. The Hall–Kier alpha value is -2.22. The number of nitro groups is 1. The van der Waals surface area contributed by atoms with Crippen molar-refractivity contribution in [2.24, 2.45) is 0 Å². The number of likely N-dealkylation sites (N-methyl/N-ethyl adjacent to an activating group) is 1. The Morgan fingerprint density at radius 1 is 1.50 bits per heavy atom. The zero-order valence-corrected chi connectivity index (χ0v) is 10.2. The van der Waals surface area contributed by atoms with Crippen molar-refractivity contribution in [3.63, 3.8) is 0 Å². The number of aromatic nitrogens is 3. The zero-order chi connectivity index (χ0) is 13.1. The van der Waals surface area contributed by atoms with E-state index in [0.717, 1.165) is 6.54 Å². The van der Waals surface area contributed by atoms with Gasteiger partial charge in [0.2, 0.25) is 5.65 Å². The fourth-order valence-corrected chi connectivity index (χ4v) is 1.49. The van der Waals surface area contributed by atoms with Crippen LogP contribution in [0.15, 0.2) is 18.3 Å². The number of hydrogen-bond donors (Lipinski definition) is 1. The van der Waals surface area contributed by atoms with E-state index in [-0.39, 0.29) is 5.82 Å². The summed E-state index contributed by atoms with van der Waals surface area (Å²) in [6.07, 6.45) is 1.20. The maximum atomic E-state index is 10.8. The third-order valence-corrected chi connectivity index (χ3v) is 2.40. The minimum atomic E-state index is -0.503. The standard InChI is InChI=1S/C10H14N6O2/c1-14(2)6-5-11-8-3-4-9-12-7-10(16(17)18)15(9)13-8/h3-4,7H,5-6H2,1-2H3,(H,11,13). The van der Waals surface area contributed by atoms with Crippen molar-refractivity contribution in [1.82, 2.24) is 19.5 Å². The fraction of sp³-hybridized carbons (Fsp3) is 0.400. The normalized spacial score (nSPS) is 11.1. The number of rotatable bonds is 5. The minimum absolute atomic E-state index is 0.138. The maximum Gasteiger partial charge on any atom is 0.368 e. The second kappa shape index (κ2) is 4.96. The molecule has 0 aliphatic rings.